The van der Waals surface area contributed by atoms with Crippen molar-refractivity contribution in [3.63, 3.8) is 0 Å². The van der Waals surface area contributed by atoms with Crippen LogP contribution in [-0.2, 0) is 9.53 Å². The first-order chi connectivity index (χ1) is 11.5. The zero-order valence-electron chi connectivity index (χ0n) is 13.7. The molecular formula is C21H18O3. The van der Waals surface area contributed by atoms with Crippen LogP contribution in [0.15, 0.2) is 77.9 Å². The number of carbonyl (C=O) groups excluding carboxylic acids is 2. The summed E-state index contributed by atoms with van der Waals surface area (Å²) >= 11 is 0. The van der Waals surface area contributed by atoms with Crippen LogP contribution in [0.1, 0.15) is 29.8 Å². The maximum atomic E-state index is 12.7. The fraction of sp³-hybridized carbons (Fsp3) is 0.143. The number of hydrogen-bond donors (Lipinski definition) is 0. The zero-order valence-corrected chi connectivity index (χ0v) is 13.7. The van der Waals surface area contributed by atoms with E-state index in [0.717, 1.165) is 5.56 Å². The molecule has 2 aromatic rings. The van der Waals surface area contributed by atoms with Crippen LogP contribution in [0.25, 0.3) is 5.76 Å². The summed E-state index contributed by atoms with van der Waals surface area (Å²) in [7, 11) is 0. The van der Waals surface area contributed by atoms with E-state index in [9.17, 15) is 9.59 Å². The van der Waals surface area contributed by atoms with Gasteiger partial charge in [-0.1, -0.05) is 60.7 Å². The van der Waals surface area contributed by atoms with E-state index < -0.39 is 5.60 Å². The highest BCUT2D eigenvalue weighted by atomic mass is 16.5. The second kappa shape index (κ2) is 6.28. The Morgan fingerprint density at radius 3 is 2.12 bits per heavy atom. The van der Waals surface area contributed by atoms with Gasteiger partial charge in [-0.2, -0.15) is 0 Å². The molecule has 3 rings (SSSR count). The van der Waals surface area contributed by atoms with Gasteiger partial charge in [0.05, 0.1) is 5.57 Å². The smallest absolute Gasteiger partial charge is 0.196 e. The van der Waals surface area contributed by atoms with E-state index in [1.807, 2.05) is 50.2 Å². The molecule has 0 N–H and O–H groups in total. The molecule has 0 spiro atoms. The third-order valence-electron chi connectivity index (χ3n) is 4.04. The predicted octanol–water partition coefficient (Wildman–Crippen LogP) is 4.21. The van der Waals surface area contributed by atoms with Gasteiger partial charge in [0.2, 0.25) is 0 Å². The molecule has 0 fully saturated rings. The Hall–Kier alpha value is -2.94. The number of ketones is 1. The molecule has 0 amide bonds. The summed E-state index contributed by atoms with van der Waals surface area (Å²) in [4.78, 5) is 24.4. The topological polar surface area (TPSA) is 43.4 Å². The first-order valence-electron chi connectivity index (χ1n) is 7.79. The van der Waals surface area contributed by atoms with Gasteiger partial charge < -0.3 is 4.74 Å². The maximum Gasteiger partial charge on any atom is 0.196 e. The van der Waals surface area contributed by atoms with Gasteiger partial charge in [0.25, 0.3) is 0 Å². The van der Waals surface area contributed by atoms with Crippen molar-refractivity contribution < 1.29 is 14.3 Å². The van der Waals surface area contributed by atoms with Crippen LogP contribution in [0, 0.1) is 0 Å². The van der Waals surface area contributed by atoms with Crippen molar-refractivity contribution in [3.05, 3.63) is 89.0 Å². The van der Waals surface area contributed by atoms with Crippen molar-refractivity contribution in [2.75, 3.05) is 0 Å². The van der Waals surface area contributed by atoms with E-state index in [2.05, 4.69) is 0 Å². The molecule has 0 atom stereocenters. The van der Waals surface area contributed by atoms with Crippen molar-refractivity contribution in [3.8, 4) is 0 Å². The molecule has 0 radical (unpaired) electrons. The van der Waals surface area contributed by atoms with Crippen LogP contribution in [0.4, 0.5) is 0 Å². The lowest BCUT2D eigenvalue weighted by Gasteiger charge is -2.23. The van der Waals surface area contributed by atoms with Crippen molar-refractivity contribution in [1.29, 1.82) is 0 Å². The highest BCUT2D eigenvalue weighted by Gasteiger charge is 2.36. The van der Waals surface area contributed by atoms with Crippen LogP contribution in [0.3, 0.4) is 0 Å². The third-order valence-corrected chi connectivity index (χ3v) is 4.04. The fourth-order valence-corrected chi connectivity index (χ4v) is 2.80. The lowest BCUT2D eigenvalue weighted by molar-refractivity contribution is -0.104. The van der Waals surface area contributed by atoms with Gasteiger partial charge in [-0.3, -0.25) is 9.59 Å². The van der Waals surface area contributed by atoms with E-state index in [1.165, 1.54) is 0 Å². The molecule has 1 aliphatic heterocycles. The monoisotopic (exact) mass is 318 g/mol. The minimum atomic E-state index is -0.744. The second-order valence-corrected chi connectivity index (χ2v) is 6.13. The second-order valence-electron chi connectivity index (χ2n) is 6.13. The highest BCUT2D eigenvalue weighted by Crippen LogP contribution is 2.39. The summed E-state index contributed by atoms with van der Waals surface area (Å²) in [6.07, 6.45) is 2.42. The molecule has 24 heavy (non-hydrogen) atoms. The minimum Gasteiger partial charge on any atom is -0.482 e. The summed E-state index contributed by atoms with van der Waals surface area (Å²) in [6, 6.07) is 18.4. The molecule has 0 aliphatic carbocycles. The Labute approximate surface area is 141 Å². The predicted molar refractivity (Wildman–Crippen MR) is 93.4 cm³/mol. The van der Waals surface area contributed by atoms with Crippen LogP contribution in [0.5, 0.6) is 0 Å². The van der Waals surface area contributed by atoms with Crippen molar-refractivity contribution in [2.24, 2.45) is 0 Å². The lowest BCUT2D eigenvalue weighted by Crippen LogP contribution is -2.24. The van der Waals surface area contributed by atoms with Crippen molar-refractivity contribution in [2.45, 2.75) is 19.4 Å². The first kappa shape index (κ1) is 15.9. The number of carbonyl (C=O) groups is 2. The third kappa shape index (κ3) is 2.93. The Bertz CT molecular complexity index is 828. The van der Waals surface area contributed by atoms with Gasteiger partial charge in [-0.05, 0) is 19.9 Å². The number of hydrogen-bond acceptors (Lipinski definition) is 3. The standard InChI is InChI=1S/C21H18O3/c1-21(2)18(13-19(24-21)15-9-5-3-6-10-15)17(14-22)20(23)16-11-7-4-8-12-16/h3-14H,1-2H3. The first-order valence-corrected chi connectivity index (χ1v) is 7.79. The normalized spacial score (nSPS) is 17.7. The number of rotatable bonds is 4. The van der Waals surface area contributed by atoms with Gasteiger partial charge in [-0.15, -0.1) is 0 Å². The van der Waals surface area contributed by atoms with Gasteiger partial charge in [0, 0.05) is 16.7 Å². The SMILES string of the molecule is CC1(C)OC(c2ccccc2)=CC1=C(C=O)C(=O)c1ccccc1. The molecule has 0 aromatic heterocycles. The molecule has 3 nitrogen and oxygen atoms in total. The van der Waals surface area contributed by atoms with Crippen LogP contribution in [0.2, 0.25) is 0 Å². The van der Waals surface area contributed by atoms with E-state index >= 15 is 0 Å². The average molecular weight is 318 g/mol. The Kier molecular flexibility index (Phi) is 4.17. The molecule has 0 bridgehead atoms. The summed E-state index contributed by atoms with van der Waals surface area (Å²) in [6.45, 7) is 3.72. The van der Waals surface area contributed by atoms with Crippen LogP contribution < -0.4 is 0 Å². The summed E-state index contributed by atoms with van der Waals surface area (Å²) in [5.41, 5.74) is 1.40. The van der Waals surface area contributed by atoms with E-state index in [-0.39, 0.29) is 11.4 Å². The summed E-state index contributed by atoms with van der Waals surface area (Å²) in [5.74, 6) is 0.374. The van der Waals surface area contributed by atoms with E-state index in [0.29, 0.717) is 23.2 Å². The summed E-state index contributed by atoms with van der Waals surface area (Å²) in [5, 5.41) is 0. The van der Waals surface area contributed by atoms with Gasteiger partial charge in [-0.25, -0.2) is 0 Å². The average Bonchev–Trinajstić information content (AvgIpc) is 2.92. The van der Waals surface area contributed by atoms with E-state index in [4.69, 9.17) is 4.74 Å². The quantitative estimate of drug-likeness (QED) is 0.279. The highest BCUT2D eigenvalue weighted by molar-refractivity contribution is 6.21. The number of aldehydes is 1. The van der Waals surface area contributed by atoms with Crippen molar-refractivity contribution in [1.82, 2.24) is 0 Å². The molecule has 0 saturated carbocycles. The molecule has 0 saturated heterocycles. The zero-order chi connectivity index (χ0) is 17.2. The maximum absolute atomic E-state index is 12.7. The number of benzene rings is 2. The largest absolute Gasteiger partial charge is 0.482 e. The number of allylic oxidation sites excluding steroid dienone is 1. The van der Waals surface area contributed by atoms with Crippen LogP contribution >= 0.6 is 0 Å². The Morgan fingerprint density at radius 1 is 0.958 bits per heavy atom. The summed E-state index contributed by atoms with van der Waals surface area (Å²) < 4.78 is 6.01. The van der Waals surface area contributed by atoms with Gasteiger partial charge >= 0.3 is 0 Å². The Morgan fingerprint density at radius 2 is 1.54 bits per heavy atom. The Balaban J connectivity index is 2.09. The van der Waals surface area contributed by atoms with Crippen LogP contribution in [-0.4, -0.2) is 17.7 Å². The number of Topliss-reactive ketones (excluding diaryl/α,β-unsaturated/α-hetero) is 1. The molecule has 1 heterocycles. The molecule has 0 unspecified atom stereocenters. The van der Waals surface area contributed by atoms with Crippen molar-refractivity contribution >= 4 is 17.8 Å². The minimum absolute atomic E-state index is 0.136. The number of ether oxygens (including phenoxy) is 1. The molecule has 120 valence electrons. The van der Waals surface area contributed by atoms with Gasteiger partial charge in [0.15, 0.2) is 12.1 Å². The molecule has 2 aromatic carbocycles. The van der Waals surface area contributed by atoms with E-state index in [1.54, 1.807) is 30.3 Å². The van der Waals surface area contributed by atoms with Gasteiger partial charge in [0.1, 0.15) is 11.4 Å². The lowest BCUT2D eigenvalue weighted by atomic mass is 9.90. The molecule has 3 heteroatoms. The molecular weight excluding hydrogens is 300 g/mol. The molecule has 1 aliphatic rings. The fourth-order valence-electron chi connectivity index (χ4n) is 2.80.